The van der Waals surface area contributed by atoms with Crippen LogP contribution in [0.25, 0.3) is 0 Å². The molecule has 0 saturated heterocycles. The van der Waals surface area contributed by atoms with Crippen LogP contribution < -0.4 is 5.32 Å². The van der Waals surface area contributed by atoms with Gasteiger partial charge in [-0.3, -0.25) is 4.98 Å². The summed E-state index contributed by atoms with van der Waals surface area (Å²) in [5.41, 5.74) is 2.18. The van der Waals surface area contributed by atoms with Gasteiger partial charge < -0.3 is 5.32 Å². The number of hydrogen-bond donors (Lipinski definition) is 1. The fraction of sp³-hybridized carbons (Fsp3) is 0.462. The minimum absolute atomic E-state index is 0.00183. The minimum Gasteiger partial charge on any atom is -0.356 e. The minimum atomic E-state index is 0.00183. The van der Waals surface area contributed by atoms with Gasteiger partial charge in [-0.15, -0.1) is 0 Å². The van der Waals surface area contributed by atoms with E-state index in [1.54, 1.807) is 0 Å². The van der Waals surface area contributed by atoms with Crippen LogP contribution in [0.4, 0.5) is 5.13 Å². The molecule has 18 heavy (non-hydrogen) atoms. The van der Waals surface area contributed by atoms with Gasteiger partial charge in [0.05, 0.1) is 0 Å². The van der Waals surface area contributed by atoms with Crippen molar-refractivity contribution in [2.75, 3.05) is 5.32 Å². The summed E-state index contributed by atoms with van der Waals surface area (Å²) in [6, 6.07) is 4.08. The van der Waals surface area contributed by atoms with Crippen molar-refractivity contribution in [3.05, 3.63) is 35.4 Å². The summed E-state index contributed by atoms with van der Waals surface area (Å²) < 4.78 is 4.37. The zero-order valence-corrected chi connectivity index (χ0v) is 12.0. The van der Waals surface area contributed by atoms with Gasteiger partial charge in [0.1, 0.15) is 5.82 Å². The Morgan fingerprint density at radius 2 is 2.06 bits per heavy atom. The number of nitrogens with one attached hydrogen (secondary N) is 1. The Morgan fingerprint density at radius 3 is 2.61 bits per heavy atom. The van der Waals surface area contributed by atoms with Gasteiger partial charge in [0, 0.05) is 35.4 Å². The highest BCUT2D eigenvalue weighted by Gasteiger charge is 2.19. The van der Waals surface area contributed by atoms with E-state index in [0.29, 0.717) is 0 Å². The Morgan fingerprint density at radius 1 is 1.28 bits per heavy atom. The molecule has 0 bridgehead atoms. The van der Waals surface area contributed by atoms with Crippen molar-refractivity contribution in [1.82, 2.24) is 14.3 Å². The van der Waals surface area contributed by atoms with Crippen LogP contribution in [0.15, 0.2) is 18.3 Å². The molecule has 0 aliphatic heterocycles. The number of aromatic nitrogens is 3. The lowest BCUT2D eigenvalue weighted by Crippen LogP contribution is -2.13. The number of nitrogens with zero attached hydrogens (tertiary/aromatic N) is 3. The lowest BCUT2D eigenvalue weighted by molar-refractivity contribution is 0.555. The average Bonchev–Trinajstić information content (AvgIpc) is 2.77. The first-order valence-corrected chi connectivity index (χ1v) is 6.72. The van der Waals surface area contributed by atoms with Crippen LogP contribution in [-0.4, -0.2) is 14.3 Å². The SMILES string of the molecule is Cc1ccc(CNc2nc(C(C)(C)C)ns2)cn1. The third kappa shape index (κ3) is 3.26. The highest BCUT2D eigenvalue weighted by Crippen LogP contribution is 2.23. The quantitative estimate of drug-likeness (QED) is 0.923. The highest BCUT2D eigenvalue weighted by atomic mass is 32.1. The predicted octanol–water partition coefficient (Wildman–Crippen LogP) is 3.15. The van der Waals surface area contributed by atoms with E-state index < -0.39 is 0 Å². The van der Waals surface area contributed by atoms with E-state index in [0.717, 1.165) is 28.8 Å². The average molecular weight is 262 g/mol. The Kier molecular flexibility index (Phi) is 3.61. The van der Waals surface area contributed by atoms with Crippen molar-refractivity contribution in [3.8, 4) is 0 Å². The molecule has 0 amide bonds. The fourth-order valence-corrected chi connectivity index (χ4v) is 2.13. The summed E-state index contributed by atoms with van der Waals surface area (Å²) in [5, 5.41) is 4.14. The van der Waals surface area contributed by atoms with Crippen molar-refractivity contribution in [2.24, 2.45) is 0 Å². The van der Waals surface area contributed by atoms with Crippen LogP contribution in [0.2, 0.25) is 0 Å². The van der Waals surface area contributed by atoms with Gasteiger partial charge in [-0.1, -0.05) is 26.8 Å². The van der Waals surface area contributed by atoms with Crippen molar-refractivity contribution in [2.45, 2.75) is 39.7 Å². The molecular formula is C13H18N4S. The molecule has 2 aromatic rings. The third-order valence-electron chi connectivity index (χ3n) is 2.51. The monoisotopic (exact) mass is 262 g/mol. The van der Waals surface area contributed by atoms with E-state index in [1.807, 2.05) is 19.2 Å². The molecule has 2 heterocycles. The Balaban J connectivity index is 1.98. The number of hydrogen-bond acceptors (Lipinski definition) is 5. The number of anilines is 1. The Hall–Kier alpha value is -1.49. The summed E-state index contributed by atoms with van der Waals surface area (Å²) >= 11 is 1.41. The molecule has 0 fully saturated rings. The van der Waals surface area contributed by atoms with Gasteiger partial charge in [0.25, 0.3) is 0 Å². The molecule has 5 heteroatoms. The molecule has 0 aliphatic carbocycles. The largest absolute Gasteiger partial charge is 0.356 e. The van der Waals surface area contributed by atoms with E-state index in [4.69, 9.17) is 0 Å². The van der Waals surface area contributed by atoms with E-state index in [1.165, 1.54) is 11.5 Å². The van der Waals surface area contributed by atoms with Gasteiger partial charge in [0.15, 0.2) is 0 Å². The topological polar surface area (TPSA) is 50.7 Å². The van der Waals surface area contributed by atoms with Crippen LogP contribution >= 0.6 is 11.5 Å². The summed E-state index contributed by atoms with van der Waals surface area (Å²) in [7, 11) is 0. The summed E-state index contributed by atoms with van der Waals surface area (Å²) in [6.45, 7) is 9.05. The van der Waals surface area contributed by atoms with Crippen molar-refractivity contribution >= 4 is 16.7 Å². The molecule has 0 radical (unpaired) electrons. The summed E-state index contributed by atoms with van der Waals surface area (Å²) in [4.78, 5) is 8.75. The molecule has 0 unspecified atom stereocenters. The van der Waals surface area contributed by atoms with Gasteiger partial charge >= 0.3 is 0 Å². The van der Waals surface area contributed by atoms with Crippen LogP contribution in [-0.2, 0) is 12.0 Å². The first-order chi connectivity index (χ1) is 8.45. The maximum Gasteiger partial charge on any atom is 0.202 e. The molecular weight excluding hydrogens is 244 g/mol. The molecule has 4 nitrogen and oxygen atoms in total. The van der Waals surface area contributed by atoms with Crippen LogP contribution in [0, 0.1) is 6.92 Å². The van der Waals surface area contributed by atoms with E-state index in [2.05, 4.69) is 46.5 Å². The second-order valence-electron chi connectivity index (χ2n) is 5.33. The maximum absolute atomic E-state index is 4.49. The van der Waals surface area contributed by atoms with Gasteiger partial charge in [0.2, 0.25) is 5.13 Å². The van der Waals surface area contributed by atoms with Crippen molar-refractivity contribution in [3.63, 3.8) is 0 Å². The van der Waals surface area contributed by atoms with E-state index in [-0.39, 0.29) is 5.41 Å². The first kappa shape index (κ1) is 13.0. The van der Waals surface area contributed by atoms with Crippen LogP contribution in [0.1, 0.15) is 37.9 Å². The number of rotatable bonds is 3. The summed E-state index contributed by atoms with van der Waals surface area (Å²) in [6.07, 6.45) is 1.88. The molecule has 0 spiro atoms. The molecule has 96 valence electrons. The maximum atomic E-state index is 4.49. The molecule has 2 aromatic heterocycles. The molecule has 0 aliphatic rings. The normalized spacial score (nSPS) is 11.6. The predicted molar refractivity (Wildman–Crippen MR) is 74.9 cm³/mol. The van der Waals surface area contributed by atoms with Crippen molar-refractivity contribution < 1.29 is 0 Å². The molecule has 0 aromatic carbocycles. The highest BCUT2D eigenvalue weighted by molar-refractivity contribution is 7.09. The van der Waals surface area contributed by atoms with Crippen LogP contribution in [0.3, 0.4) is 0 Å². The third-order valence-corrected chi connectivity index (χ3v) is 3.19. The van der Waals surface area contributed by atoms with E-state index >= 15 is 0 Å². The zero-order chi connectivity index (χ0) is 13.2. The smallest absolute Gasteiger partial charge is 0.202 e. The van der Waals surface area contributed by atoms with Crippen LogP contribution in [0.5, 0.6) is 0 Å². The van der Waals surface area contributed by atoms with Gasteiger partial charge in [-0.25, -0.2) is 4.98 Å². The molecule has 1 N–H and O–H groups in total. The zero-order valence-electron chi connectivity index (χ0n) is 11.2. The summed E-state index contributed by atoms with van der Waals surface area (Å²) in [5.74, 6) is 0.886. The first-order valence-electron chi connectivity index (χ1n) is 5.95. The fourth-order valence-electron chi connectivity index (χ4n) is 1.38. The number of aryl methyl sites for hydroxylation is 1. The van der Waals surface area contributed by atoms with E-state index in [9.17, 15) is 0 Å². The standard InChI is InChI=1S/C13H18N4S/c1-9-5-6-10(7-14-9)8-15-12-16-11(17-18-12)13(2,3)4/h5-7H,8H2,1-4H3,(H,15,16,17). The lowest BCUT2D eigenvalue weighted by Gasteiger charge is -2.12. The second-order valence-corrected chi connectivity index (χ2v) is 6.09. The van der Waals surface area contributed by atoms with Gasteiger partial charge in [-0.05, 0) is 18.6 Å². The Labute approximate surface area is 112 Å². The lowest BCUT2D eigenvalue weighted by atomic mass is 9.96. The molecule has 2 rings (SSSR count). The number of pyridine rings is 1. The van der Waals surface area contributed by atoms with Crippen molar-refractivity contribution in [1.29, 1.82) is 0 Å². The second kappa shape index (κ2) is 5.02. The molecule has 0 saturated carbocycles. The van der Waals surface area contributed by atoms with Gasteiger partial charge in [-0.2, -0.15) is 4.37 Å². The Bertz CT molecular complexity index is 511. The molecule has 0 atom stereocenters.